The summed E-state index contributed by atoms with van der Waals surface area (Å²) < 4.78 is 5.18. The number of pyridine rings is 1. The average Bonchev–Trinajstić information content (AvgIpc) is 3.34. The molecule has 0 fully saturated rings. The van der Waals surface area contributed by atoms with Gasteiger partial charge in [0, 0.05) is 22.0 Å². The Kier molecular flexibility index (Phi) is 5.86. The molecular formula is C23H22N4O3S2. The number of nitrogens with zero attached hydrogens (tertiary/aromatic N) is 1. The van der Waals surface area contributed by atoms with Crippen LogP contribution in [0.3, 0.4) is 0 Å². The number of primary amides is 1. The van der Waals surface area contributed by atoms with Gasteiger partial charge in [-0.15, -0.1) is 22.7 Å². The predicted octanol–water partition coefficient (Wildman–Crippen LogP) is 5.09. The Morgan fingerprint density at radius 2 is 1.84 bits per heavy atom. The molecule has 0 unspecified atom stereocenters. The lowest BCUT2D eigenvalue weighted by Crippen LogP contribution is -2.17. The Balaban J connectivity index is 1.68. The first-order valence-electron chi connectivity index (χ1n) is 9.86. The summed E-state index contributed by atoms with van der Waals surface area (Å²) in [6.07, 6.45) is 0. The van der Waals surface area contributed by atoms with Crippen molar-refractivity contribution in [3.05, 3.63) is 57.9 Å². The molecule has 0 radical (unpaired) electrons. The number of amides is 2. The number of nitrogen functional groups attached to an aromatic ring is 1. The first-order chi connectivity index (χ1) is 15.3. The van der Waals surface area contributed by atoms with Gasteiger partial charge in [0.25, 0.3) is 11.8 Å². The van der Waals surface area contributed by atoms with Crippen molar-refractivity contribution in [1.29, 1.82) is 0 Å². The number of rotatable bonds is 6. The van der Waals surface area contributed by atoms with Gasteiger partial charge in [0.2, 0.25) is 0 Å². The molecule has 0 saturated heterocycles. The molecular weight excluding hydrogens is 444 g/mol. The van der Waals surface area contributed by atoms with Gasteiger partial charge in [-0.3, -0.25) is 9.59 Å². The van der Waals surface area contributed by atoms with Crippen molar-refractivity contribution in [2.75, 3.05) is 18.2 Å². The van der Waals surface area contributed by atoms with Gasteiger partial charge in [0.05, 0.1) is 18.4 Å². The van der Waals surface area contributed by atoms with E-state index >= 15 is 0 Å². The fraction of sp³-hybridized carbons (Fsp3) is 0.174. The summed E-state index contributed by atoms with van der Waals surface area (Å²) in [7, 11) is 1.58. The van der Waals surface area contributed by atoms with Crippen molar-refractivity contribution in [2.24, 2.45) is 5.73 Å². The van der Waals surface area contributed by atoms with Crippen LogP contribution in [0.4, 0.5) is 10.7 Å². The fourth-order valence-corrected chi connectivity index (χ4v) is 5.30. The molecule has 0 aliphatic rings. The van der Waals surface area contributed by atoms with Gasteiger partial charge in [-0.1, -0.05) is 26.0 Å². The third-order valence-corrected chi connectivity index (χ3v) is 7.09. The number of nitrogens with two attached hydrogens (primary N) is 2. The zero-order valence-electron chi connectivity index (χ0n) is 17.8. The summed E-state index contributed by atoms with van der Waals surface area (Å²) in [5.41, 5.74) is 14.9. The molecule has 5 N–H and O–H groups in total. The van der Waals surface area contributed by atoms with Gasteiger partial charge in [0.15, 0.2) is 0 Å². The van der Waals surface area contributed by atoms with Gasteiger partial charge >= 0.3 is 0 Å². The number of methoxy groups -OCH3 is 1. The summed E-state index contributed by atoms with van der Waals surface area (Å²) in [6.45, 7) is 4.11. The van der Waals surface area contributed by atoms with Crippen molar-refractivity contribution < 1.29 is 14.3 Å². The van der Waals surface area contributed by atoms with Crippen LogP contribution in [0.15, 0.2) is 41.8 Å². The number of anilines is 2. The van der Waals surface area contributed by atoms with Crippen molar-refractivity contribution in [2.45, 2.75) is 19.8 Å². The van der Waals surface area contributed by atoms with E-state index in [1.54, 1.807) is 24.6 Å². The number of fused-ring (bicyclic) bond motifs is 1. The molecule has 4 aromatic rings. The third-order valence-electron chi connectivity index (χ3n) is 5.08. The van der Waals surface area contributed by atoms with Crippen LogP contribution in [0, 0.1) is 0 Å². The highest BCUT2D eigenvalue weighted by atomic mass is 32.1. The topological polar surface area (TPSA) is 120 Å². The van der Waals surface area contributed by atoms with E-state index in [4.69, 9.17) is 16.2 Å². The first kappa shape index (κ1) is 21.8. The number of nitrogens with one attached hydrogen (secondary N) is 1. The van der Waals surface area contributed by atoms with Crippen molar-refractivity contribution in [1.82, 2.24) is 4.98 Å². The molecule has 0 saturated carbocycles. The number of carbonyl (C=O) groups excluding carboxylic acids is 2. The zero-order valence-corrected chi connectivity index (χ0v) is 19.4. The molecule has 0 aliphatic carbocycles. The van der Waals surface area contributed by atoms with Crippen LogP contribution < -0.4 is 21.5 Å². The van der Waals surface area contributed by atoms with Crippen LogP contribution in [0.25, 0.3) is 21.3 Å². The highest BCUT2D eigenvalue weighted by Crippen LogP contribution is 2.38. The zero-order chi connectivity index (χ0) is 23.0. The number of ether oxygens (including phenoxy) is 1. The molecule has 1 aromatic carbocycles. The molecule has 7 nitrogen and oxygen atoms in total. The van der Waals surface area contributed by atoms with E-state index in [0.717, 1.165) is 16.6 Å². The molecule has 4 rings (SSSR count). The number of benzene rings is 1. The van der Waals surface area contributed by atoms with Crippen LogP contribution in [-0.2, 0) is 0 Å². The van der Waals surface area contributed by atoms with E-state index in [1.165, 1.54) is 22.7 Å². The number of thiophene rings is 2. The average molecular weight is 467 g/mol. The lowest BCUT2D eigenvalue weighted by molar-refractivity contribution is 0.100. The Labute approximate surface area is 193 Å². The van der Waals surface area contributed by atoms with Crippen LogP contribution in [0.2, 0.25) is 0 Å². The molecule has 2 amide bonds. The largest absolute Gasteiger partial charge is 0.497 e. The number of carbonyl (C=O) groups is 2. The van der Waals surface area contributed by atoms with Crippen molar-refractivity contribution in [3.8, 4) is 16.9 Å². The molecule has 0 spiro atoms. The second kappa shape index (κ2) is 8.60. The minimum absolute atomic E-state index is 0.258. The number of hydrogen-bond acceptors (Lipinski definition) is 7. The number of aromatic nitrogens is 1. The summed E-state index contributed by atoms with van der Waals surface area (Å²) >= 11 is 2.47. The maximum Gasteiger partial charge on any atom is 0.268 e. The third kappa shape index (κ3) is 3.92. The molecule has 164 valence electrons. The maximum absolute atomic E-state index is 13.1. The fourth-order valence-electron chi connectivity index (χ4n) is 3.34. The standard InChI is InChI=1S/C23H22N4O3S2/c1-11(2)16-9-8-14-18(24)19(32-22(14)26-16)21(29)27-23-17(20(25)28)15(10-31-23)12-4-6-13(30-3)7-5-12/h4-11H,24H2,1-3H3,(H2,25,28)(H,27,29). The van der Waals surface area contributed by atoms with E-state index in [1.807, 2.05) is 24.3 Å². The molecule has 3 heterocycles. The summed E-state index contributed by atoms with van der Waals surface area (Å²) in [6, 6.07) is 11.1. The monoisotopic (exact) mass is 466 g/mol. The summed E-state index contributed by atoms with van der Waals surface area (Å²) in [5, 5.41) is 5.73. The minimum atomic E-state index is -0.625. The lowest BCUT2D eigenvalue weighted by Gasteiger charge is -2.07. The van der Waals surface area contributed by atoms with Gasteiger partial charge in [-0.2, -0.15) is 0 Å². The minimum Gasteiger partial charge on any atom is -0.497 e. The Morgan fingerprint density at radius 1 is 1.12 bits per heavy atom. The molecule has 9 heteroatoms. The lowest BCUT2D eigenvalue weighted by atomic mass is 10.0. The SMILES string of the molecule is COc1ccc(-c2csc(NC(=O)c3sc4nc(C(C)C)ccc4c3N)c2C(N)=O)cc1. The van der Waals surface area contributed by atoms with Gasteiger partial charge in [-0.25, -0.2) is 4.98 Å². The van der Waals surface area contributed by atoms with Crippen LogP contribution in [0.1, 0.15) is 45.5 Å². The van der Waals surface area contributed by atoms with Crippen LogP contribution in [-0.4, -0.2) is 23.9 Å². The van der Waals surface area contributed by atoms with Gasteiger partial charge in [0.1, 0.15) is 20.5 Å². The van der Waals surface area contributed by atoms with Crippen molar-refractivity contribution in [3.63, 3.8) is 0 Å². The van der Waals surface area contributed by atoms with E-state index in [-0.39, 0.29) is 11.5 Å². The molecule has 3 aromatic heterocycles. The summed E-state index contributed by atoms with van der Waals surface area (Å²) in [5.74, 6) is -0.0598. The second-order valence-electron chi connectivity index (χ2n) is 7.49. The summed E-state index contributed by atoms with van der Waals surface area (Å²) in [4.78, 5) is 31.0. The Hall–Kier alpha value is -3.43. The van der Waals surface area contributed by atoms with Crippen LogP contribution in [0.5, 0.6) is 5.75 Å². The maximum atomic E-state index is 13.1. The van der Waals surface area contributed by atoms with E-state index < -0.39 is 11.8 Å². The highest BCUT2D eigenvalue weighted by Gasteiger charge is 2.23. The van der Waals surface area contributed by atoms with Crippen molar-refractivity contribution >= 4 is 55.4 Å². The number of hydrogen-bond donors (Lipinski definition) is 3. The Bertz CT molecular complexity index is 1320. The quantitative estimate of drug-likeness (QED) is 0.365. The molecule has 32 heavy (non-hydrogen) atoms. The second-order valence-corrected chi connectivity index (χ2v) is 9.37. The van der Waals surface area contributed by atoms with E-state index in [0.29, 0.717) is 31.7 Å². The van der Waals surface area contributed by atoms with E-state index in [2.05, 4.69) is 24.1 Å². The molecule has 0 atom stereocenters. The smallest absolute Gasteiger partial charge is 0.268 e. The van der Waals surface area contributed by atoms with Gasteiger partial charge < -0.3 is 21.5 Å². The molecule has 0 bridgehead atoms. The van der Waals surface area contributed by atoms with Gasteiger partial charge in [-0.05, 0) is 35.7 Å². The van der Waals surface area contributed by atoms with Crippen LogP contribution >= 0.6 is 22.7 Å². The molecule has 0 aliphatic heterocycles. The normalized spacial score (nSPS) is 11.1. The first-order valence-corrected chi connectivity index (χ1v) is 11.6. The Morgan fingerprint density at radius 3 is 2.47 bits per heavy atom. The highest BCUT2D eigenvalue weighted by molar-refractivity contribution is 7.21. The predicted molar refractivity (Wildman–Crippen MR) is 131 cm³/mol. The van der Waals surface area contributed by atoms with E-state index in [9.17, 15) is 9.59 Å².